The lowest BCUT2D eigenvalue weighted by molar-refractivity contribution is 0.397. The van der Waals surface area contributed by atoms with Crippen LogP contribution in [-0.4, -0.2) is 37.0 Å². The maximum atomic E-state index is 5.07. The van der Waals surface area contributed by atoms with Gasteiger partial charge in [0.15, 0.2) is 5.96 Å². The number of aromatic nitrogens is 1. The summed E-state index contributed by atoms with van der Waals surface area (Å²) in [5.41, 5.74) is 3.66. The number of halogens is 1. The standard InChI is InChI=1S/C18H24N4O.HI/c1-14-7-5-6-8-16(14)13-22(3)18(19-2)21-12-15-9-10-17(23-4)20-11-15;/h5-11H,12-13H2,1-4H3,(H,19,21);1H. The van der Waals surface area contributed by atoms with Gasteiger partial charge in [0.1, 0.15) is 0 Å². The monoisotopic (exact) mass is 440 g/mol. The van der Waals surface area contributed by atoms with Crippen molar-refractivity contribution < 1.29 is 4.74 Å². The first-order valence-electron chi connectivity index (χ1n) is 7.59. The van der Waals surface area contributed by atoms with E-state index in [1.54, 1.807) is 20.4 Å². The second-order valence-electron chi connectivity index (χ2n) is 5.39. The molecule has 1 aromatic carbocycles. The van der Waals surface area contributed by atoms with Crippen LogP contribution in [0.1, 0.15) is 16.7 Å². The molecule has 0 unspecified atom stereocenters. The molecule has 0 radical (unpaired) electrons. The molecule has 1 N–H and O–H groups in total. The molecule has 0 atom stereocenters. The van der Waals surface area contributed by atoms with Gasteiger partial charge in [-0.1, -0.05) is 30.3 Å². The van der Waals surface area contributed by atoms with Crippen LogP contribution in [-0.2, 0) is 13.1 Å². The zero-order chi connectivity index (χ0) is 16.7. The van der Waals surface area contributed by atoms with Gasteiger partial charge in [-0.2, -0.15) is 0 Å². The summed E-state index contributed by atoms with van der Waals surface area (Å²) in [7, 11) is 5.44. The molecule has 6 heteroatoms. The van der Waals surface area contributed by atoms with Crippen LogP contribution in [0.15, 0.2) is 47.6 Å². The number of aliphatic imine (C=N–C) groups is 1. The Balaban J connectivity index is 0.00000288. The Hall–Kier alpha value is -1.83. The summed E-state index contributed by atoms with van der Waals surface area (Å²) >= 11 is 0. The molecule has 0 fully saturated rings. The van der Waals surface area contributed by atoms with Gasteiger partial charge in [-0.05, 0) is 23.6 Å². The number of rotatable bonds is 5. The highest BCUT2D eigenvalue weighted by atomic mass is 127. The Morgan fingerprint density at radius 2 is 2.00 bits per heavy atom. The van der Waals surface area contributed by atoms with Crippen LogP contribution in [0.3, 0.4) is 0 Å². The fourth-order valence-corrected chi connectivity index (χ4v) is 2.32. The van der Waals surface area contributed by atoms with Crippen LogP contribution in [0.4, 0.5) is 0 Å². The van der Waals surface area contributed by atoms with Crippen molar-refractivity contribution in [1.82, 2.24) is 15.2 Å². The van der Waals surface area contributed by atoms with Crippen molar-refractivity contribution in [3.8, 4) is 5.88 Å². The molecule has 130 valence electrons. The number of guanidine groups is 1. The van der Waals surface area contributed by atoms with Crippen molar-refractivity contribution in [2.75, 3.05) is 21.2 Å². The molecule has 0 spiro atoms. The summed E-state index contributed by atoms with van der Waals surface area (Å²) in [5.74, 6) is 1.47. The fourth-order valence-electron chi connectivity index (χ4n) is 2.32. The molecule has 2 aromatic rings. The number of benzene rings is 1. The molecule has 0 aliphatic carbocycles. The van der Waals surface area contributed by atoms with E-state index in [-0.39, 0.29) is 24.0 Å². The largest absolute Gasteiger partial charge is 0.481 e. The van der Waals surface area contributed by atoms with E-state index in [0.29, 0.717) is 12.4 Å². The Morgan fingerprint density at radius 3 is 2.58 bits per heavy atom. The van der Waals surface area contributed by atoms with E-state index in [4.69, 9.17) is 4.74 Å². The quantitative estimate of drug-likeness (QED) is 0.441. The first-order valence-corrected chi connectivity index (χ1v) is 7.59. The van der Waals surface area contributed by atoms with Gasteiger partial charge in [0.05, 0.1) is 7.11 Å². The Bertz CT molecular complexity index is 658. The number of pyridine rings is 1. The molecule has 24 heavy (non-hydrogen) atoms. The molecule has 0 amide bonds. The molecule has 0 bridgehead atoms. The molecule has 0 saturated carbocycles. The molecule has 5 nitrogen and oxygen atoms in total. The number of methoxy groups -OCH3 is 1. The average Bonchev–Trinajstić information content (AvgIpc) is 2.58. The highest BCUT2D eigenvalue weighted by molar-refractivity contribution is 14.0. The zero-order valence-corrected chi connectivity index (χ0v) is 16.9. The highest BCUT2D eigenvalue weighted by Crippen LogP contribution is 2.10. The van der Waals surface area contributed by atoms with Crippen LogP contribution in [0, 0.1) is 6.92 Å². The van der Waals surface area contributed by atoms with Gasteiger partial charge in [0, 0.05) is 39.4 Å². The van der Waals surface area contributed by atoms with Gasteiger partial charge >= 0.3 is 0 Å². The number of aryl methyl sites for hydroxylation is 1. The minimum absolute atomic E-state index is 0. The number of ether oxygens (including phenoxy) is 1. The van der Waals surface area contributed by atoms with E-state index in [1.165, 1.54) is 11.1 Å². The lowest BCUT2D eigenvalue weighted by Crippen LogP contribution is -2.38. The van der Waals surface area contributed by atoms with E-state index in [2.05, 4.69) is 51.4 Å². The van der Waals surface area contributed by atoms with Crippen molar-refractivity contribution in [3.63, 3.8) is 0 Å². The Kier molecular flexibility index (Phi) is 8.53. The molecule has 0 saturated heterocycles. The molecule has 0 aliphatic heterocycles. The molecule has 1 heterocycles. The van der Waals surface area contributed by atoms with Crippen LogP contribution in [0.25, 0.3) is 0 Å². The summed E-state index contributed by atoms with van der Waals surface area (Å²) in [4.78, 5) is 10.7. The third-order valence-electron chi connectivity index (χ3n) is 3.70. The number of hydrogen-bond acceptors (Lipinski definition) is 3. The van der Waals surface area contributed by atoms with Gasteiger partial charge in [-0.15, -0.1) is 24.0 Å². The normalized spacial score (nSPS) is 10.8. The predicted molar refractivity (Wildman–Crippen MR) is 109 cm³/mol. The third kappa shape index (κ3) is 5.67. The van der Waals surface area contributed by atoms with E-state index in [0.717, 1.165) is 18.1 Å². The predicted octanol–water partition coefficient (Wildman–Crippen LogP) is 3.22. The SMILES string of the molecule is CN=C(NCc1ccc(OC)nc1)N(C)Cc1ccccc1C.I. The Labute approximate surface area is 161 Å². The smallest absolute Gasteiger partial charge is 0.212 e. The molecule has 2 rings (SSSR count). The van der Waals surface area contributed by atoms with Gasteiger partial charge < -0.3 is 15.0 Å². The minimum atomic E-state index is 0. The maximum absolute atomic E-state index is 5.07. The average molecular weight is 440 g/mol. The lowest BCUT2D eigenvalue weighted by atomic mass is 10.1. The number of nitrogens with zero attached hydrogens (tertiary/aromatic N) is 3. The fraction of sp³-hybridized carbons (Fsp3) is 0.333. The van der Waals surface area contributed by atoms with Crippen molar-refractivity contribution in [3.05, 3.63) is 59.3 Å². The molecular weight excluding hydrogens is 415 g/mol. The van der Waals surface area contributed by atoms with Crippen molar-refractivity contribution in [1.29, 1.82) is 0 Å². The first kappa shape index (κ1) is 20.2. The maximum Gasteiger partial charge on any atom is 0.212 e. The summed E-state index contributed by atoms with van der Waals surface area (Å²) < 4.78 is 5.07. The summed E-state index contributed by atoms with van der Waals surface area (Å²) in [5, 5.41) is 3.36. The number of hydrogen-bond donors (Lipinski definition) is 1. The van der Waals surface area contributed by atoms with Crippen LogP contribution >= 0.6 is 24.0 Å². The molecule has 0 aliphatic rings. The zero-order valence-electron chi connectivity index (χ0n) is 14.6. The van der Waals surface area contributed by atoms with Crippen molar-refractivity contribution in [2.24, 2.45) is 4.99 Å². The summed E-state index contributed by atoms with van der Waals surface area (Å²) in [6.07, 6.45) is 1.81. The summed E-state index contributed by atoms with van der Waals surface area (Å²) in [6.45, 7) is 3.61. The minimum Gasteiger partial charge on any atom is -0.481 e. The van der Waals surface area contributed by atoms with Gasteiger partial charge in [-0.25, -0.2) is 4.98 Å². The topological polar surface area (TPSA) is 49.8 Å². The van der Waals surface area contributed by atoms with Crippen LogP contribution in [0.5, 0.6) is 5.88 Å². The van der Waals surface area contributed by atoms with E-state index < -0.39 is 0 Å². The van der Waals surface area contributed by atoms with E-state index in [9.17, 15) is 0 Å². The van der Waals surface area contributed by atoms with Crippen LogP contribution in [0.2, 0.25) is 0 Å². The lowest BCUT2D eigenvalue weighted by Gasteiger charge is -2.23. The van der Waals surface area contributed by atoms with Crippen LogP contribution < -0.4 is 10.1 Å². The molecular formula is C18H25IN4O. The van der Waals surface area contributed by atoms with Gasteiger partial charge in [0.25, 0.3) is 0 Å². The van der Waals surface area contributed by atoms with Gasteiger partial charge in [0.2, 0.25) is 5.88 Å². The highest BCUT2D eigenvalue weighted by Gasteiger charge is 2.08. The summed E-state index contributed by atoms with van der Waals surface area (Å²) in [6, 6.07) is 12.2. The molecule has 1 aromatic heterocycles. The second-order valence-corrected chi connectivity index (χ2v) is 5.39. The van der Waals surface area contributed by atoms with Crippen molar-refractivity contribution in [2.45, 2.75) is 20.0 Å². The second kappa shape index (κ2) is 10.1. The Morgan fingerprint density at radius 1 is 1.25 bits per heavy atom. The van der Waals surface area contributed by atoms with E-state index in [1.807, 2.05) is 19.2 Å². The first-order chi connectivity index (χ1) is 11.1. The third-order valence-corrected chi connectivity index (χ3v) is 3.70. The van der Waals surface area contributed by atoms with Crippen molar-refractivity contribution >= 4 is 29.9 Å². The number of nitrogens with one attached hydrogen (secondary N) is 1. The van der Waals surface area contributed by atoms with Gasteiger partial charge in [-0.3, -0.25) is 4.99 Å². The van der Waals surface area contributed by atoms with E-state index >= 15 is 0 Å².